The largest absolute Gasteiger partial charge is 0.475 e. The molecule has 2 rings (SSSR count). The number of carbonyl (C=O) groups is 1. The number of sulfone groups is 1. The third-order valence-corrected chi connectivity index (χ3v) is 4.83. The summed E-state index contributed by atoms with van der Waals surface area (Å²) in [7, 11) is -3.79. The molecule has 0 amide bonds. The molecule has 0 aliphatic rings. The highest BCUT2D eigenvalue weighted by molar-refractivity contribution is 9.10. The highest BCUT2D eigenvalue weighted by atomic mass is 79.9. The van der Waals surface area contributed by atoms with Gasteiger partial charge in [0.25, 0.3) is 0 Å². The Labute approximate surface area is 128 Å². The number of carboxylic acid groups (broad SMARTS) is 1. The van der Waals surface area contributed by atoms with Gasteiger partial charge in [0.15, 0.2) is 0 Å². The Kier molecular flexibility index (Phi) is 4.22. The first-order valence-corrected chi connectivity index (χ1v) is 8.12. The van der Waals surface area contributed by atoms with E-state index in [4.69, 9.17) is 21.1 Å². The lowest BCUT2D eigenvalue weighted by atomic mass is 10.2. The minimum atomic E-state index is -3.79. The van der Waals surface area contributed by atoms with Crippen LogP contribution in [0.25, 0.3) is 0 Å². The van der Waals surface area contributed by atoms with Gasteiger partial charge in [0.1, 0.15) is 0 Å². The average Bonchev–Trinajstić information content (AvgIpc) is 2.83. The van der Waals surface area contributed by atoms with Crippen molar-refractivity contribution in [2.45, 2.75) is 10.8 Å². The van der Waals surface area contributed by atoms with E-state index in [9.17, 15) is 13.2 Å². The molecule has 0 atom stereocenters. The van der Waals surface area contributed by atoms with Crippen molar-refractivity contribution in [1.29, 1.82) is 0 Å². The molecule has 20 heavy (non-hydrogen) atoms. The van der Waals surface area contributed by atoms with E-state index >= 15 is 0 Å². The molecule has 1 aromatic carbocycles. The van der Waals surface area contributed by atoms with Gasteiger partial charge < -0.3 is 9.52 Å². The summed E-state index contributed by atoms with van der Waals surface area (Å²) in [5.41, 5.74) is 0.406. The number of aromatic carboxylic acids is 1. The van der Waals surface area contributed by atoms with Crippen LogP contribution in [0, 0.1) is 0 Å². The molecule has 0 bridgehead atoms. The van der Waals surface area contributed by atoms with E-state index < -0.39 is 26.7 Å². The third kappa shape index (κ3) is 3.23. The Bertz CT molecular complexity index is 766. The van der Waals surface area contributed by atoms with Crippen LogP contribution in [-0.2, 0) is 15.6 Å². The summed E-state index contributed by atoms with van der Waals surface area (Å²) in [5, 5.41) is 8.62. The molecule has 1 N–H and O–H groups in total. The zero-order chi connectivity index (χ0) is 14.9. The first-order valence-electron chi connectivity index (χ1n) is 5.29. The number of hydrogen-bond donors (Lipinski definition) is 1. The Morgan fingerprint density at radius 1 is 1.30 bits per heavy atom. The van der Waals surface area contributed by atoms with Gasteiger partial charge in [-0.1, -0.05) is 33.6 Å². The molecule has 8 heteroatoms. The van der Waals surface area contributed by atoms with Crippen LogP contribution in [0.1, 0.15) is 16.1 Å². The van der Waals surface area contributed by atoms with Crippen molar-refractivity contribution in [3.63, 3.8) is 0 Å². The first kappa shape index (κ1) is 15.1. The van der Waals surface area contributed by atoms with Crippen molar-refractivity contribution < 1.29 is 22.7 Å². The minimum Gasteiger partial charge on any atom is -0.475 e. The molecule has 2 aromatic rings. The second-order valence-corrected chi connectivity index (χ2v) is 7.16. The van der Waals surface area contributed by atoms with E-state index in [-0.39, 0.29) is 5.75 Å². The lowest BCUT2D eigenvalue weighted by molar-refractivity contribution is 0.0656. The van der Waals surface area contributed by atoms with Crippen molar-refractivity contribution in [1.82, 2.24) is 0 Å². The lowest BCUT2D eigenvalue weighted by Crippen LogP contribution is -2.04. The van der Waals surface area contributed by atoms with Crippen LogP contribution >= 0.6 is 27.5 Å². The summed E-state index contributed by atoms with van der Waals surface area (Å²) in [4.78, 5) is 10.7. The van der Waals surface area contributed by atoms with Gasteiger partial charge in [0.2, 0.25) is 20.7 Å². The van der Waals surface area contributed by atoms with Crippen LogP contribution in [-0.4, -0.2) is 19.5 Å². The lowest BCUT2D eigenvalue weighted by Gasteiger charge is -2.04. The van der Waals surface area contributed by atoms with E-state index in [2.05, 4.69) is 15.9 Å². The molecular weight excluding hydrogens is 372 g/mol. The summed E-state index contributed by atoms with van der Waals surface area (Å²) in [6, 6.07) is 7.04. The molecule has 1 heterocycles. The average molecular weight is 380 g/mol. The summed E-state index contributed by atoms with van der Waals surface area (Å²) < 4.78 is 29.8. The van der Waals surface area contributed by atoms with Crippen LogP contribution in [0.3, 0.4) is 0 Å². The Balaban J connectivity index is 2.33. The minimum absolute atomic E-state index is 0.299. The molecule has 0 unspecified atom stereocenters. The van der Waals surface area contributed by atoms with Crippen LogP contribution in [0.15, 0.2) is 44.3 Å². The Morgan fingerprint density at radius 2 is 2.00 bits per heavy atom. The van der Waals surface area contributed by atoms with Gasteiger partial charge in [0.05, 0.1) is 5.75 Å². The van der Waals surface area contributed by atoms with Crippen molar-refractivity contribution in [3.05, 3.63) is 51.2 Å². The van der Waals surface area contributed by atoms with Crippen molar-refractivity contribution in [2.75, 3.05) is 0 Å². The molecule has 5 nitrogen and oxygen atoms in total. The SMILES string of the molecule is O=C(O)c1ccc(S(=O)(=O)Cc2ccc(Br)cc2Cl)o1. The Morgan fingerprint density at radius 3 is 2.55 bits per heavy atom. The fraction of sp³-hybridized carbons (Fsp3) is 0.0833. The monoisotopic (exact) mass is 378 g/mol. The molecule has 1 aromatic heterocycles. The van der Waals surface area contributed by atoms with Crippen LogP contribution in [0.5, 0.6) is 0 Å². The molecule has 0 aliphatic carbocycles. The summed E-state index contributed by atoms with van der Waals surface area (Å²) >= 11 is 9.18. The fourth-order valence-electron chi connectivity index (χ4n) is 1.52. The Hall–Kier alpha value is -1.31. The summed E-state index contributed by atoms with van der Waals surface area (Å²) in [5.74, 6) is -2.12. The van der Waals surface area contributed by atoms with Crippen molar-refractivity contribution >= 4 is 43.3 Å². The van der Waals surface area contributed by atoms with Crippen LogP contribution in [0.4, 0.5) is 0 Å². The predicted octanol–water partition coefficient (Wildman–Crippen LogP) is 3.37. The number of hydrogen-bond acceptors (Lipinski definition) is 4. The number of furan rings is 1. The number of carboxylic acids is 1. The second kappa shape index (κ2) is 5.59. The van der Waals surface area contributed by atoms with E-state index in [0.29, 0.717) is 10.6 Å². The standard InChI is InChI=1S/C12H8BrClO5S/c13-8-2-1-7(9(14)5-8)6-20(17,18)11-4-3-10(19-11)12(15)16/h1-5H,6H2,(H,15,16). The highest BCUT2D eigenvalue weighted by Gasteiger charge is 2.22. The number of benzene rings is 1. The van der Waals surface area contributed by atoms with Gasteiger partial charge in [-0.15, -0.1) is 0 Å². The van der Waals surface area contributed by atoms with Gasteiger partial charge in [-0.25, -0.2) is 13.2 Å². The molecule has 0 fully saturated rings. The maximum atomic E-state index is 12.1. The maximum absolute atomic E-state index is 12.1. The predicted molar refractivity (Wildman–Crippen MR) is 75.7 cm³/mol. The van der Waals surface area contributed by atoms with E-state index in [1.165, 1.54) is 0 Å². The van der Waals surface area contributed by atoms with Crippen molar-refractivity contribution in [3.8, 4) is 0 Å². The van der Waals surface area contributed by atoms with Gasteiger partial charge in [-0.05, 0) is 29.8 Å². The van der Waals surface area contributed by atoms with E-state index in [1.54, 1.807) is 18.2 Å². The molecule has 0 saturated heterocycles. The van der Waals surface area contributed by atoms with Crippen molar-refractivity contribution in [2.24, 2.45) is 0 Å². The smallest absolute Gasteiger partial charge is 0.371 e. The van der Waals surface area contributed by atoms with Crippen LogP contribution < -0.4 is 0 Å². The topological polar surface area (TPSA) is 84.6 Å². The summed E-state index contributed by atoms with van der Waals surface area (Å²) in [6.45, 7) is 0. The maximum Gasteiger partial charge on any atom is 0.371 e. The van der Waals surface area contributed by atoms with E-state index in [1.807, 2.05) is 0 Å². The van der Waals surface area contributed by atoms with E-state index in [0.717, 1.165) is 16.6 Å². The zero-order valence-corrected chi connectivity index (χ0v) is 13.0. The highest BCUT2D eigenvalue weighted by Crippen LogP contribution is 2.26. The summed E-state index contributed by atoms with van der Waals surface area (Å²) in [6.07, 6.45) is 0. The first-order chi connectivity index (χ1) is 9.29. The fourth-order valence-corrected chi connectivity index (χ4v) is 3.63. The number of rotatable bonds is 4. The molecule has 0 saturated carbocycles. The van der Waals surface area contributed by atoms with Gasteiger partial charge in [-0.3, -0.25) is 0 Å². The molecule has 0 spiro atoms. The zero-order valence-electron chi connectivity index (χ0n) is 9.84. The molecule has 0 radical (unpaired) electrons. The quantitative estimate of drug-likeness (QED) is 0.880. The number of halogens is 2. The molecular formula is C12H8BrClO5S. The van der Waals surface area contributed by atoms with Gasteiger partial charge >= 0.3 is 5.97 Å². The second-order valence-electron chi connectivity index (χ2n) is 3.92. The van der Waals surface area contributed by atoms with Gasteiger partial charge in [-0.2, -0.15) is 0 Å². The normalized spacial score (nSPS) is 11.5. The third-order valence-electron chi connectivity index (χ3n) is 2.46. The molecule has 106 valence electrons. The molecule has 0 aliphatic heterocycles. The van der Waals surface area contributed by atoms with Gasteiger partial charge in [0, 0.05) is 9.50 Å². The van der Waals surface area contributed by atoms with Crippen LogP contribution in [0.2, 0.25) is 5.02 Å².